The standard InChI is InChI=1S/C16H22O2/c1-14(2)6-5-11-18-13-16-8-3-7-15(12-16)9-4-10-17/h3,7-8,12,14,17H,5-6,10-11,13H2,1-2H3. The SMILES string of the molecule is CC(C)CCCOCc1cccc(C#CCO)c1. The van der Waals surface area contributed by atoms with Crippen molar-refractivity contribution in [3.63, 3.8) is 0 Å². The second kappa shape index (κ2) is 8.74. The topological polar surface area (TPSA) is 29.5 Å². The molecule has 1 aromatic carbocycles. The van der Waals surface area contributed by atoms with Crippen LogP contribution in [-0.2, 0) is 11.3 Å². The molecule has 0 amide bonds. The Hall–Kier alpha value is -1.30. The minimum Gasteiger partial charge on any atom is -0.384 e. The summed E-state index contributed by atoms with van der Waals surface area (Å²) in [6, 6.07) is 7.94. The maximum absolute atomic E-state index is 8.64. The van der Waals surface area contributed by atoms with Crippen LogP contribution in [0.25, 0.3) is 0 Å². The van der Waals surface area contributed by atoms with Gasteiger partial charge in [0.15, 0.2) is 0 Å². The first-order valence-corrected chi connectivity index (χ1v) is 6.49. The van der Waals surface area contributed by atoms with Crippen molar-refractivity contribution >= 4 is 0 Å². The van der Waals surface area contributed by atoms with Gasteiger partial charge in [-0.2, -0.15) is 0 Å². The Balaban J connectivity index is 2.34. The molecule has 2 nitrogen and oxygen atoms in total. The van der Waals surface area contributed by atoms with Crippen LogP contribution in [-0.4, -0.2) is 18.3 Å². The van der Waals surface area contributed by atoms with Gasteiger partial charge in [-0.15, -0.1) is 0 Å². The number of hydrogen-bond donors (Lipinski definition) is 1. The van der Waals surface area contributed by atoms with Crippen LogP contribution in [0.1, 0.15) is 37.8 Å². The quantitative estimate of drug-likeness (QED) is 0.617. The van der Waals surface area contributed by atoms with Crippen LogP contribution in [0.2, 0.25) is 0 Å². The van der Waals surface area contributed by atoms with E-state index in [9.17, 15) is 0 Å². The fourth-order valence-corrected chi connectivity index (χ4v) is 1.66. The predicted molar refractivity (Wildman–Crippen MR) is 74.1 cm³/mol. The average Bonchev–Trinajstić information content (AvgIpc) is 2.36. The molecule has 0 radical (unpaired) electrons. The number of hydrogen-bond acceptors (Lipinski definition) is 2. The molecule has 0 aromatic heterocycles. The summed E-state index contributed by atoms with van der Waals surface area (Å²) in [7, 11) is 0. The van der Waals surface area contributed by atoms with Crippen molar-refractivity contribution in [1.82, 2.24) is 0 Å². The van der Waals surface area contributed by atoms with E-state index in [0.717, 1.165) is 30.1 Å². The molecule has 1 rings (SSSR count). The van der Waals surface area contributed by atoms with E-state index in [4.69, 9.17) is 9.84 Å². The van der Waals surface area contributed by atoms with Crippen molar-refractivity contribution in [2.24, 2.45) is 5.92 Å². The Morgan fingerprint density at radius 2 is 2.17 bits per heavy atom. The van der Waals surface area contributed by atoms with Gasteiger partial charge in [0.2, 0.25) is 0 Å². The van der Waals surface area contributed by atoms with E-state index in [2.05, 4.69) is 25.7 Å². The zero-order chi connectivity index (χ0) is 13.2. The fraction of sp³-hybridized carbons (Fsp3) is 0.500. The summed E-state index contributed by atoms with van der Waals surface area (Å²) in [5.74, 6) is 6.28. The lowest BCUT2D eigenvalue weighted by atomic mass is 10.1. The molecule has 0 bridgehead atoms. The summed E-state index contributed by atoms with van der Waals surface area (Å²) in [6.07, 6.45) is 2.32. The van der Waals surface area contributed by atoms with Gasteiger partial charge < -0.3 is 9.84 Å². The van der Waals surface area contributed by atoms with E-state index < -0.39 is 0 Å². The van der Waals surface area contributed by atoms with Crippen LogP contribution in [0.4, 0.5) is 0 Å². The third-order valence-electron chi connectivity index (χ3n) is 2.58. The van der Waals surface area contributed by atoms with Crippen LogP contribution in [0.3, 0.4) is 0 Å². The zero-order valence-electron chi connectivity index (χ0n) is 11.3. The van der Waals surface area contributed by atoms with Crippen molar-refractivity contribution in [2.45, 2.75) is 33.3 Å². The molecule has 0 atom stereocenters. The zero-order valence-corrected chi connectivity index (χ0v) is 11.3. The normalized spacial score (nSPS) is 10.2. The second-order valence-electron chi connectivity index (χ2n) is 4.75. The lowest BCUT2D eigenvalue weighted by Gasteiger charge is -2.06. The summed E-state index contributed by atoms with van der Waals surface area (Å²) < 4.78 is 5.63. The maximum Gasteiger partial charge on any atom is 0.104 e. The second-order valence-corrected chi connectivity index (χ2v) is 4.75. The number of rotatable bonds is 6. The van der Waals surface area contributed by atoms with E-state index in [1.54, 1.807) is 0 Å². The summed E-state index contributed by atoms with van der Waals surface area (Å²) in [5, 5.41) is 8.64. The smallest absolute Gasteiger partial charge is 0.104 e. The Labute approximate surface area is 110 Å². The molecule has 0 spiro atoms. The van der Waals surface area contributed by atoms with Gasteiger partial charge in [-0.25, -0.2) is 0 Å². The molecule has 0 saturated carbocycles. The van der Waals surface area contributed by atoms with E-state index in [1.165, 1.54) is 6.42 Å². The molecule has 1 aromatic rings. The first-order chi connectivity index (χ1) is 8.72. The molecule has 1 N–H and O–H groups in total. The van der Waals surface area contributed by atoms with Crippen LogP contribution >= 0.6 is 0 Å². The van der Waals surface area contributed by atoms with E-state index in [1.807, 2.05) is 24.3 Å². The maximum atomic E-state index is 8.64. The van der Waals surface area contributed by atoms with Gasteiger partial charge >= 0.3 is 0 Å². The Morgan fingerprint density at radius 1 is 1.33 bits per heavy atom. The highest BCUT2D eigenvalue weighted by molar-refractivity contribution is 5.36. The van der Waals surface area contributed by atoms with Gasteiger partial charge in [-0.3, -0.25) is 0 Å². The third-order valence-corrected chi connectivity index (χ3v) is 2.58. The molecule has 0 fully saturated rings. The molecule has 2 heteroatoms. The average molecular weight is 246 g/mol. The molecule has 0 heterocycles. The summed E-state index contributed by atoms with van der Waals surface area (Å²) in [4.78, 5) is 0. The largest absolute Gasteiger partial charge is 0.384 e. The van der Waals surface area contributed by atoms with Gasteiger partial charge in [0, 0.05) is 12.2 Å². The molecule has 18 heavy (non-hydrogen) atoms. The van der Waals surface area contributed by atoms with E-state index >= 15 is 0 Å². The van der Waals surface area contributed by atoms with Crippen LogP contribution < -0.4 is 0 Å². The first kappa shape index (κ1) is 14.8. The molecular weight excluding hydrogens is 224 g/mol. The molecule has 0 saturated heterocycles. The lowest BCUT2D eigenvalue weighted by molar-refractivity contribution is 0.115. The van der Waals surface area contributed by atoms with Crippen LogP contribution in [0.15, 0.2) is 24.3 Å². The predicted octanol–water partition coefficient (Wildman–Crippen LogP) is 2.98. The highest BCUT2D eigenvalue weighted by atomic mass is 16.5. The molecular formula is C16H22O2. The Kier molecular flexibility index (Phi) is 7.17. The summed E-state index contributed by atoms with van der Waals surface area (Å²) in [6.45, 7) is 5.79. The Bertz CT molecular complexity index is 399. The number of aliphatic hydroxyl groups is 1. The molecule has 0 unspecified atom stereocenters. The van der Waals surface area contributed by atoms with Crippen LogP contribution in [0.5, 0.6) is 0 Å². The number of ether oxygens (including phenoxy) is 1. The van der Waals surface area contributed by atoms with Crippen molar-refractivity contribution in [3.8, 4) is 11.8 Å². The highest BCUT2D eigenvalue weighted by Crippen LogP contribution is 2.07. The van der Waals surface area contributed by atoms with Gasteiger partial charge in [0.05, 0.1) is 6.61 Å². The van der Waals surface area contributed by atoms with Gasteiger partial charge in [0.1, 0.15) is 6.61 Å². The molecule has 0 aliphatic rings. The minimum atomic E-state index is -0.101. The van der Waals surface area contributed by atoms with Gasteiger partial charge in [-0.1, -0.05) is 37.8 Å². The fourth-order valence-electron chi connectivity index (χ4n) is 1.66. The van der Waals surface area contributed by atoms with Crippen LogP contribution in [0, 0.1) is 17.8 Å². The third kappa shape index (κ3) is 6.44. The Morgan fingerprint density at radius 3 is 2.89 bits per heavy atom. The molecule has 0 aliphatic carbocycles. The monoisotopic (exact) mass is 246 g/mol. The van der Waals surface area contributed by atoms with Crippen molar-refractivity contribution in [2.75, 3.05) is 13.2 Å². The van der Waals surface area contributed by atoms with Crippen molar-refractivity contribution in [1.29, 1.82) is 0 Å². The molecule has 98 valence electrons. The number of benzene rings is 1. The molecule has 0 aliphatic heterocycles. The first-order valence-electron chi connectivity index (χ1n) is 6.49. The summed E-state index contributed by atoms with van der Waals surface area (Å²) in [5.41, 5.74) is 2.05. The van der Waals surface area contributed by atoms with Crippen molar-refractivity contribution < 1.29 is 9.84 Å². The highest BCUT2D eigenvalue weighted by Gasteiger charge is 1.96. The van der Waals surface area contributed by atoms with E-state index in [-0.39, 0.29) is 6.61 Å². The van der Waals surface area contributed by atoms with E-state index in [0.29, 0.717) is 6.61 Å². The number of aliphatic hydroxyl groups excluding tert-OH is 1. The summed E-state index contributed by atoms with van der Waals surface area (Å²) >= 11 is 0. The van der Waals surface area contributed by atoms with Gasteiger partial charge in [-0.05, 0) is 36.5 Å². The minimum absolute atomic E-state index is 0.101. The van der Waals surface area contributed by atoms with Crippen molar-refractivity contribution in [3.05, 3.63) is 35.4 Å². The lowest BCUT2D eigenvalue weighted by Crippen LogP contribution is -1.98. The van der Waals surface area contributed by atoms with Gasteiger partial charge in [0.25, 0.3) is 0 Å².